The molecule has 1 saturated heterocycles. The fraction of sp³-hybridized carbons (Fsp3) is 0.500. The highest BCUT2D eigenvalue weighted by Gasteiger charge is 2.36. The average molecular weight is 339 g/mol. The van der Waals surface area contributed by atoms with Gasteiger partial charge in [0.25, 0.3) is 5.69 Å². The minimum atomic E-state index is -3.78. The molecule has 0 unspecified atom stereocenters. The number of non-ortho nitro benzene ring substituents is 1. The van der Waals surface area contributed by atoms with Crippen LogP contribution in [-0.4, -0.2) is 54.6 Å². The van der Waals surface area contributed by atoms with Crippen LogP contribution in [0, 0.1) is 16.0 Å². The first-order valence-electron chi connectivity index (χ1n) is 7.43. The van der Waals surface area contributed by atoms with Gasteiger partial charge in [0.15, 0.2) is 0 Å². The number of carbonyl (C=O) groups excluding carboxylic acids is 1. The van der Waals surface area contributed by atoms with Gasteiger partial charge < -0.3 is 4.90 Å². The molecule has 0 aromatic heterocycles. The van der Waals surface area contributed by atoms with Crippen LogP contribution in [0.5, 0.6) is 0 Å². The summed E-state index contributed by atoms with van der Waals surface area (Å²) in [6.45, 7) is 1.15. The van der Waals surface area contributed by atoms with E-state index in [2.05, 4.69) is 0 Å². The zero-order valence-corrected chi connectivity index (χ0v) is 13.2. The lowest BCUT2D eigenvalue weighted by Crippen LogP contribution is -2.50. The minimum absolute atomic E-state index is 0.0892. The molecule has 3 rings (SSSR count). The molecular formula is C14H17N3O5S. The number of piperazine rings is 1. The number of hydrogen-bond donors (Lipinski definition) is 0. The quantitative estimate of drug-likeness (QED) is 0.597. The number of nitrogens with zero attached hydrogens (tertiary/aromatic N) is 3. The maximum Gasteiger partial charge on any atom is 0.270 e. The normalized spacial score (nSPS) is 19.6. The van der Waals surface area contributed by atoms with E-state index < -0.39 is 14.9 Å². The average Bonchev–Trinajstić information content (AvgIpc) is 3.39. The van der Waals surface area contributed by atoms with E-state index in [1.807, 2.05) is 0 Å². The van der Waals surface area contributed by atoms with Crippen LogP contribution in [0.2, 0.25) is 0 Å². The van der Waals surface area contributed by atoms with E-state index in [4.69, 9.17) is 0 Å². The fourth-order valence-corrected chi connectivity index (χ4v) is 4.11. The van der Waals surface area contributed by atoms with Crippen LogP contribution in [0.3, 0.4) is 0 Å². The van der Waals surface area contributed by atoms with E-state index in [1.165, 1.54) is 22.5 Å². The van der Waals surface area contributed by atoms with Gasteiger partial charge in [-0.25, -0.2) is 8.42 Å². The van der Waals surface area contributed by atoms with Crippen molar-refractivity contribution in [3.05, 3.63) is 34.4 Å². The number of nitro groups is 1. The zero-order valence-electron chi connectivity index (χ0n) is 12.4. The third-order valence-corrected chi connectivity index (χ3v) is 6.04. The molecule has 0 spiro atoms. The van der Waals surface area contributed by atoms with Crippen LogP contribution >= 0.6 is 0 Å². The van der Waals surface area contributed by atoms with Gasteiger partial charge in [0.05, 0.1) is 9.82 Å². The Balaban J connectivity index is 1.72. The van der Waals surface area contributed by atoms with E-state index >= 15 is 0 Å². The van der Waals surface area contributed by atoms with Gasteiger partial charge in [-0.15, -0.1) is 0 Å². The van der Waals surface area contributed by atoms with Crippen LogP contribution in [0.15, 0.2) is 29.2 Å². The SMILES string of the molecule is O=C(C1CC1)N1CCN(S(=O)(=O)c2cccc([N+](=O)[O-])c2)CC1. The molecule has 1 aromatic rings. The Morgan fingerprint density at radius 3 is 2.39 bits per heavy atom. The van der Waals surface area contributed by atoms with Crippen molar-refractivity contribution in [2.24, 2.45) is 5.92 Å². The zero-order chi connectivity index (χ0) is 16.6. The third kappa shape index (κ3) is 3.20. The standard InChI is InChI=1S/C14H17N3O5S/c18-14(11-4-5-11)15-6-8-16(9-7-15)23(21,22)13-3-1-2-12(10-13)17(19)20/h1-3,10-11H,4-9H2. The Bertz CT molecular complexity index is 737. The molecule has 1 saturated carbocycles. The van der Waals surface area contributed by atoms with Crippen LogP contribution in [0.1, 0.15) is 12.8 Å². The molecule has 23 heavy (non-hydrogen) atoms. The molecular weight excluding hydrogens is 322 g/mol. The van der Waals surface area contributed by atoms with Crippen molar-refractivity contribution in [1.82, 2.24) is 9.21 Å². The number of amides is 1. The molecule has 0 N–H and O–H groups in total. The summed E-state index contributed by atoms with van der Waals surface area (Å²) in [4.78, 5) is 23.8. The summed E-state index contributed by atoms with van der Waals surface area (Å²) in [6.07, 6.45) is 1.84. The number of hydrogen-bond acceptors (Lipinski definition) is 5. The Kier molecular flexibility index (Phi) is 4.07. The first kappa shape index (κ1) is 15.9. The van der Waals surface area contributed by atoms with Gasteiger partial charge in [0.1, 0.15) is 0 Å². The monoisotopic (exact) mass is 339 g/mol. The predicted octanol–water partition coefficient (Wildman–Crippen LogP) is 0.838. The molecule has 1 aliphatic carbocycles. The molecule has 0 atom stereocenters. The van der Waals surface area contributed by atoms with Gasteiger partial charge >= 0.3 is 0 Å². The van der Waals surface area contributed by atoms with Crippen LogP contribution in [0.25, 0.3) is 0 Å². The summed E-state index contributed by atoms with van der Waals surface area (Å²) >= 11 is 0. The number of carbonyl (C=O) groups is 1. The summed E-state index contributed by atoms with van der Waals surface area (Å²) in [5.41, 5.74) is -0.256. The van der Waals surface area contributed by atoms with Crippen molar-refractivity contribution in [1.29, 1.82) is 0 Å². The molecule has 1 amide bonds. The molecule has 1 aromatic carbocycles. The summed E-state index contributed by atoms with van der Waals surface area (Å²) in [7, 11) is -3.78. The smallest absolute Gasteiger partial charge is 0.270 e. The first-order chi connectivity index (χ1) is 10.9. The first-order valence-corrected chi connectivity index (χ1v) is 8.87. The summed E-state index contributed by atoms with van der Waals surface area (Å²) in [5, 5.41) is 10.8. The topological polar surface area (TPSA) is 101 Å². The number of sulfonamides is 1. The summed E-state index contributed by atoms with van der Waals surface area (Å²) in [6, 6.07) is 5.03. The molecule has 124 valence electrons. The molecule has 2 fully saturated rings. The highest BCUT2D eigenvalue weighted by molar-refractivity contribution is 7.89. The second-order valence-electron chi connectivity index (χ2n) is 5.76. The third-order valence-electron chi connectivity index (χ3n) is 4.14. The van der Waals surface area contributed by atoms with E-state index in [-0.39, 0.29) is 35.5 Å². The Labute approximate surface area is 133 Å². The van der Waals surface area contributed by atoms with E-state index in [0.29, 0.717) is 13.1 Å². The molecule has 0 radical (unpaired) electrons. The van der Waals surface area contributed by atoms with Gasteiger partial charge in [0.2, 0.25) is 15.9 Å². The van der Waals surface area contributed by atoms with Crippen LogP contribution < -0.4 is 0 Å². The number of rotatable bonds is 4. The van der Waals surface area contributed by atoms with E-state index in [0.717, 1.165) is 18.9 Å². The highest BCUT2D eigenvalue weighted by atomic mass is 32.2. The molecule has 1 aliphatic heterocycles. The Morgan fingerprint density at radius 1 is 1.17 bits per heavy atom. The van der Waals surface area contributed by atoms with Crippen molar-refractivity contribution >= 4 is 21.6 Å². The molecule has 2 aliphatic rings. The van der Waals surface area contributed by atoms with Crippen LogP contribution in [0.4, 0.5) is 5.69 Å². The highest BCUT2D eigenvalue weighted by Crippen LogP contribution is 2.31. The Morgan fingerprint density at radius 2 is 1.83 bits per heavy atom. The largest absolute Gasteiger partial charge is 0.340 e. The summed E-state index contributed by atoms with van der Waals surface area (Å²) < 4.78 is 26.4. The van der Waals surface area contributed by atoms with Gasteiger partial charge in [-0.2, -0.15) is 4.31 Å². The molecule has 8 nitrogen and oxygen atoms in total. The fourth-order valence-electron chi connectivity index (χ4n) is 2.64. The summed E-state index contributed by atoms with van der Waals surface area (Å²) in [5.74, 6) is 0.229. The van der Waals surface area contributed by atoms with Crippen molar-refractivity contribution in [3.8, 4) is 0 Å². The van der Waals surface area contributed by atoms with E-state index in [9.17, 15) is 23.3 Å². The lowest BCUT2D eigenvalue weighted by molar-refractivity contribution is -0.385. The maximum atomic E-state index is 12.6. The number of nitro benzene ring substituents is 1. The lowest BCUT2D eigenvalue weighted by Gasteiger charge is -2.34. The maximum absolute atomic E-state index is 12.6. The predicted molar refractivity (Wildman–Crippen MR) is 81.2 cm³/mol. The second-order valence-corrected chi connectivity index (χ2v) is 7.70. The molecule has 0 bridgehead atoms. The van der Waals surface area contributed by atoms with Crippen molar-refractivity contribution in [2.75, 3.05) is 26.2 Å². The van der Waals surface area contributed by atoms with E-state index in [1.54, 1.807) is 4.90 Å². The van der Waals surface area contributed by atoms with Crippen molar-refractivity contribution < 1.29 is 18.1 Å². The van der Waals surface area contributed by atoms with Gasteiger partial charge in [-0.1, -0.05) is 6.07 Å². The Hall–Kier alpha value is -2.00. The van der Waals surface area contributed by atoms with Gasteiger partial charge in [0, 0.05) is 44.2 Å². The van der Waals surface area contributed by atoms with Crippen molar-refractivity contribution in [3.63, 3.8) is 0 Å². The minimum Gasteiger partial charge on any atom is -0.340 e. The molecule has 9 heteroatoms. The van der Waals surface area contributed by atoms with Gasteiger partial charge in [-0.3, -0.25) is 14.9 Å². The second kappa shape index (κ2) is 5.89. The number of benzene rings is 1. The van der Waals surface area contributed by atoms with Gasteiger partial charge in [-0.05, 0) is 18.9 Å². The molecule has 1 heterocycles. The van der Waals surface area contributed by atoms with Crippen LogP contribution in [-0.2, 0) is 14.8 Å². The lowest BCUT2D eigenvalue weighted by atomic mass is 10.3. The van der Waals surface area contributed by atoms with Crippen molar-refractivity contribution in [2.45, 2.75) is 17.7 Å².